The lowest BCUT2D eigenvalue weighted by atomic mass is 10.2. The van der Waals surface area contributed by atoms with E-state index in [1.165, 1.54) is 5.56 Å². The van der Waals surface area contributed by atoms with E-state index in [1.54, 1.807) is 4.90 Å². The van der Waals surface area contributed by atoms with Crippen molar-refractivity contribution in [3.05, 3.63) is 60.4 Å². The Morgan fingerprint density at radius 1 is 1.19 bits per heavy atom. The molecule has 2 heterocycles. The maximum Gasteiger partial charge on any atom is 0.263 e. The number of nitrogens with zero attached hydrogens (tertiary/aromatic N) is 2. The molecule has 108 valence electrons. The van der Waals surface area contributed by atoms with Crippen molar-refractivity contribution in [3.8, 4) is 5.75 Å². The van der Waals surface area contributed by atoms with Gasteiger partial charge >= 0.3 is 0 Å². The molecule has 0 saturated carbocycles. The highest BCUT2D eigenvalue weighted by atomic mass is 16.5. The lowest BCUT2D eigenvalue weighted by Gasteiger charge is -2.12. The Bertz CT molecular complexity index is 610. The van der Waals surface area contributed by atoms with Crippen LogP contribution in [0, 0.1) is 0 Å². The molecule has 1 aromatic carbocycles. The predicted octanol–water partition coefficient (Wildman–Crippen LogP) is 1.63. The van der Waals surface area contributed by atoms with Crippen LogP contribution < -0.4 is 9.30 Å². The number of rotatable bonds is 4. The minimum absolute atomic E-state index is 0.0658. The average molecular weight is 283 g/mol. The number of ether oxygens (including phenoxy) is 1. The fourth-order valence-electron chi connectivity index (χ4n) is 2.49. The first-order chi connectivity index (χ1) is 10.2. The quantitative estimate of drug-likeness (QED) is 0.799. The number of carbonyl (C=O) groups excluding carboxylic acids is 1. The van der Waals surface area contributed by atoms with E-state index in [4.69, 9.17) is 4.74 Å². The Labute approximate surface area is 124 Å². The van der Waals surface area contributed by atoms with Gasteiger partial charge in [0.15, 0.2) is 25.0 Å². The summed E-state index contributed by atoms with van der Waals surface area (Å²) in [5.74, 6) is 0.809. The molecule has 0 bridgehead atoms. The summed E-state index contributed by atoms with van der Waals surface area (Å²) in [7, 11) is 1.81. The molecule has 1 amide bonds. The Balaban J connectivity index is 1.63. The van der Waals surface area contributed by atoms with Crippen molar-refractivity contribution in [2.75, 3.05) is 13.6 Å². The monoisotopic (exact) mass is 283 g/mol. The first kappa shape index (κ1) is 13.6. The number of likely N-dealkylation sites (tertiary alicyclic amines) is 1. The third kappa shape index (κ3) is 3.21. The van der Waals surface area contributed by atoms with Crippen LogP contribution in [0.1, 0.15) is 12.0 Å². The maximum atomic E-state index is 11.8. The van der Waals surface area contributed by atoms with Gasteiger partial charge in [-0.15, -0.1) is 0 Å². The summed E-state index contributed by atoms with van der Waals surface area (Å²) < 4.78 is 7.85. The van der Waals surface area contributed by atoms with Crippen LogP contribution in [0.2, 0.25) is 0 Å². The number of carbonyl (C=O) groups is 1. The molecule has 1 unspecified atom stereocenters. The smallest absolute Gasteiger partial charge is 0.263 e. The maximum absolute atomic E-state index is 11.8. The largest absolute Gasteiger partial charge is 0.480 e. The van der Waals surface area contributed by atoms with Crippen LogP contribution >= 0.6 is 0 Å². The molecule has 2 aromatic rings. The summed E-state index contributed by atoms with van der Waals surface area (Å²) in [5, 5.41) is 0. The highest BCUT2D eigenvalue weighted by Gasteiger charge is 2.30. The van der Waals surface area contributed by atoms with Gasteiger partial charge in [-0.25, -0.2) is 4.57 Å². The van der Waals surface area contributed by atoms with Crippen molar-refractivity contribution in [3.63, 3.8) is 0 Å². The van der Waals surface area contributed by atoms with Crippen LogP contribution in [-0.2, 0) is 11.3 Å². The number of amides is 1. The fraction of sp³-hybridized carbons (Fsp3) is 0.294. The molecule has 1 fully saturated rings. The van der Waals surface area contributed by atoms with Gasteiger partial charge in [0.1, 0.15) is 5.75 Å². The molecule has 1 atom stereocenters. The van der Waals surface area contributed by atoms with E-state index in [9.17, 15) is 4.79 Å². The summed E-state index contributed by atoms with van der Waals surface area (Å²) in [6.07, 6.45) is 4.38. The van der Waals surface area contributed by atoms with Gasteiger partial charge in [-0.1, -0.05) is 30.3 Å². The van der Waals surface area contributed by atoms with Crippen LogP contribution in [-0.4, -0.2) is 30.5 Å². The molecule has 0 spiro atoms. The third-order valence-electron chi connectivity index (χ3n) is 3.73. The first-order valence-electron chi connectivity index (χ1n) is 7.17. The molecule has 4 nitrogen and oxygen atoms in total. The predicted molar refractivity (Wildman–Crippen MR) is 78.9 cm³/mol. The van der Waals surface area contributed by atoms with Gasteiger partial charge in [-0.3, -0.25) is 4.79 Å². The first-order valence-corrected chi connectivity index (χ1v) is 7.17. The van der Waals surface area contributed by atoms with E-state index in [1.807, 2.05) is 49.8 Å². The summed E-state index contributed by atoms with van der Waals surface area (Å²) >= 11 is 0. The van der Waals surface area contributed by atoms with Gasteiger partial charge in [0.05, 0.1) is 0 Å². The molecule has 0 radical (unpaired) electrons. The molecule has 0 N–H and O–H groups in total. The highest BCUT2D eigenvalue weighted by molar-refractivity contribution is 5.83. The zero-order valence-electron chi connectivity index (χ0n) is 12.1. The fourth-order valence-corrected chi connectivity index (χ4v) is 2.49. The number of pyridine rings is 1. The Morgan fingerprint density at radius 3 is 2.52 bits per heavy atom. The van der Waals surface area contributed by atoms with Gasteiger partial charge in [-0.05, 0) is 0 Å². The van der Waals surface area contributed by atoms with E-state index in [-0.39, 0.29) is 12.0 Å². The van der Waals surface area contributed by atoms with Crippen molar-refractivity contribution in [2.45, 2.75) is 19.1 Å². The standard InChI is InChI=1S/C17H19N2O2/c1-18-10-9-16(17(18)20)21-15-7-11-19(12-8-15)13-14-5-3-2-4-6-14/h2-8,11-12,16H,9-10,13H2,1H3/q+1. The SMILES string of the molecule is CN1CCC(Oc2cc[n+](Cc3ccccc3)cc2)C1=O. The van der Waals surface area contributed by atoms with Crippen molar-refractivity contribution in [1.82, 2.24) is 4.90 Å². The van der Waals surface area contributed by atoms with Gasteiger partial charge in [0.2, 0.25) is 0 Å². The zero-order chi connectivity index (χ0) is 14.7. The van der Waals surface area contributed by atoms with Crippen LogP contribution in [0.15, 0.2) is 54.9 Å². The van der Waals surface area contributed by atoms with E-state index >= 15 is 0 Å². The van der Waals surface area contributed by atoms with Crippen molar-refractivity contribution >= 4 is 5.91 Å². The molecule has 1 aliphatic heterocycles. The number of benzene rings is 1. The molecule has 4 heteroatoms. The summed E-state index contributed by atoms with van der Waals surface area (Å²) in [5.41, 5.74) is 1.25. The average Bonchev–Trinajstić information content (AvgIpc) is 2.82. The van der Waals surface area contributed by atoms with E-state index in [0.717, 1.165) is 25.3 Å². The number of hydrogen-bond acceptors (Lipinski definition) is 2. The minimum atomic E-state index is -0.333. The second-order valence-electron chi connectivity index (χ2n) is 5.35. The molecule has 3 rings (SSSR count). The van der Waals surface area contributed by atoms with E-state index < -0.39 is 0 Å². The normalized spacial score (nSPS) is 18.0. The molecule has 1 saturated heterocycles. The molecule has 21 heavy (non-hydrogen) atoms. The number of aromatic nitrogens is 1. The second kappa shape index (κ2) is 5.95. The Hall–Kier alpha value is -2.36. The summed E-state index contributed by atoms with van der Waals surface area (Å²) in [4.78, 5) is 13.5. The zero-order valence-corrected chi connectivity index (χ0v) is 12.1. The summed E-state index contributed by atoms with van der Waals surface area (Å²) in [6.45, 7) is 1.59. The van der Waals surface area contributed by atoms with Crippen LogP contribution in [0.5, 0.6) is 5.75 Å². The topological polar surface area (TPSA) is 33.4 Å². The lowest BCUT2D eigenvalue weighted by Crippen LogP contribution is -2.33. The molecule has 0 aliphatic carbocycles. The highest BCUT2D eigenvalue weighted by Crippen LogP contribution is 2.17. The lowest BCUT2D eigenvalue weighted by molar-refractivity contribution is -0.688. The molecule has 1 aliphatic rings. The Morgan fingerprint density at radius 2 is 1.90 bits per heavy atom. The molecular weight excluding hydrogens is 264 g/mol. The van der Waals surface area contributed by atoms with Crippen LogP contribution in [0.4, 0.5) is 0 Å². The van der Waals surface area contributed by atoms with Gasteiger partial charge in [-0.2, -0.15) is 0 Å². The van der Waals surface area contributed by atoms with Gasteiger partial charge < -0.3 is 9.64 Å². The van der Waals surface area contributed by atoms with Crippen LogP contribution in [0.3, 0.4) is 0 Å². The van der Waals surface area contributed by atoms with Crippen molar-refractivity contribution in [1.29, 1.82) is 0 Å². The van der Waals surface area contributed by atoms with Crippen molar-refractivity contribution < 1.29 is 14.1 Å². The minimum Gasteiger partial charge on any atom is -0.480 e. The van der Waals surface area contributed by atoms with E-state index in [0.29, 0.717) is 0 Å². The third-order valence-corrected chi connectivity index (χ3v) is 3.73. The van der Waals surface area contributed by atoms with Gasteiger partial charge in [0, 0.05) is 37.7 Å². The number of likely N-dealkylation sites (N-methyl/N-ethyl adjacent to an activating group) is 1. The second-order valence-corrected chi connectivity index (χ2v) is 5.35. The Kier molecular flexibility index (Phi) is 3.86. The van der Waals surface area contributed by atoms with E-state index in [2.05, 4.69) is 16.7 Å². The molecular formula is C17H19N2O2+. The number of hydrogen-bond donors (Lipinski definition) is 0. The van der Waals surface area contributed by atoms with Crippen molar-refractivity contribution in [2.24, 2.45) is 0 Å². The van der Waals surface area contributed by atoms with Crippen LogP contribution in [0.25, 0.3) is 0 Å². The summed E-state index contributed by atoms with van der Waals surface area (Å²) in [6, 6.07) is 14.1. The molecule has 1 aromatic heterocycles. The van der Waals surface area contributed by atoms with Gasteiger partial charge in [0.25, 0.3) is 5.91 Å².